The number of likely N-dealkylation sites (tertiary alicyclic amines) is 1. The SMILES string of the molecule is CCOC(=O)c1csc(C2CCN(C(=O)c3cncc(C#Cc4ccccc4)c3)CC2)n1. The molecule has 0 spiro atoms. The number of carbonyl (C=O) groups is 2. The van der Waals surface area contributed by atoms with Crippen molar-refractivity contribution in [1.82, 2.24) is 14.9 Å². The molecule has 0 unspecified atom stereocenters. The van der Waals surface area contributed by atoms with Crippen LogP contribution in [-0.4, -0.2) is 46.4 Å². The number of amides is 1. The molecule has 0 atom stereocenters. The first-order valence-corrected chi connectivity index (χ1v) is 11.5. The van der Waals surface area contributed by atoms with Crippen LogP contribution in [0.1, 0.15) is 62.7 Å². The van der Waals surface area contributed by atoms with E-state index in [9.17, 15) is 9.59 Å². The van der Waals surface area contributed by atoms with Crippen LogP contribution in [-0.2, 0) is 4.74 Å². The van der Waals surface area contributed by atoms with Crippen molar-refractivity contribution in [3.8, 4) is 11.8 Å². The van der Waals surface area contributed by atoms with Gasteiger partial charge < -0.3 is 9.64 Å². The van der Waals surface area contributed by atoms with Gasteiger partial charge in [-0.3, -0.25) is 9.78 Å². The molecule has 3 heterocycles. The highest BCUT2D eigenvalue weighted by molar-refractivity contribution is 7.09. The molecule has 0 N–H and O–H groups in total. The lowest BCUT2D eigenvalue weighted by Gasteiger charge is -2.31. The van der Waals surface area contributed by atoms with E-state index in [0.29, 0.717) is 36.5 Å². The molecule has 3 aromatic rings. The summed E-state index contributed by atoms with van der Waals surface area (Å²) < 4.78 is 5.02. The molecule has 6 nitrogen and oxygen atoms in total. The monoisotopic (exact) mass is 445 g/mol. The molecule has 1 saturated heterocycles. The van der Waals surface area contributed by atoms with E-state index in [1.807, 2.05) is 35.2 Å². The molecule has 0 aliphatic carbocycles. The largest absolute Gasteiger partial charge is 0.461 e. The summed E-state index contributed by atoms with van der Waals surface area (Å²) in [6, 6.07) is 11.5. The maximum absolute atomic E-state index is 13.0. The number of hydrogen-bond acceptors (Lipinski definition) is 6. The average molecular weight is 446 g/mol. The number of benzene rings is 1. The second-order valence-electron chi connectivity index (χ2n) is 7.44. The highest BCUT2D eigenvalue weighted by Gasteiger charge is 2.27. The van der Waals surface area contributed by atoms with Crippen LogP contribution in [0.3, 0.4) is 0 Å². The third-order valence-corrected chi connectivity index (χ3v) is 6.26. The highest BCUT2D eigenvalue weighted by atomic mass is 32.1. The van der Waals surface area contributed by atoms with Crippen molar-refractivity contribution >= 4 is 23.2 Å². The van der Waals surface area contributed by atoms with Gasteiger partial charge in [0.2, 0.25) is 0 Å². The minimum Gasteiger partial charge on any atom is -0.461 e. The molecule has 1 fully saturated rings. The van der Waals surface area contributed by atoms with E-state index in [1.54, 1.807) is 30.8 Å². The van der Waals surface area contributed by atoms with Gasteiger partial charge in [-0.2, -0.15) is 0 Å². The number of rotatable bonds is 4. The number of thiazole rings is 1. The quantitative estimate of drug-likeness (QED) is 0.446. The normalized spacial score (nSPS) is 13.8. The number of esters is 1. The Hall–Kier alpha value is -3.50. The number of hydrogen-bond donors (Lipinski definition) is 0. The molecule has 7 heteroatoms. The van der Waals surface area contributed by atoms with Crippen molar-refractivity contribution < 1.29 is 14.3 Å². The zero-order valence-electron chi connectivity index (χ0n) is 17.8. The number of pyridine rings is 1. The Morgan fingerprint density at radius 1 is 1.12 bits per heavy atom. The molecular formula is C25H23N3O3S. The Balaban J connectivity index is 1.38. The number of piperidine rings is 1. The van der Waals surface area contributed by atoms with Crippen molar-refractivity contribution in [2.24, 2.45) is 0 Å². The lowest BCUT2D eigenvalue weighted by Crippen LogP contribution is -2.38. The van der Waals surface area contributed by atoms with Gasteiger partial charge in [0, 0.05) is 47.9 Å². The van der Waals surface area contributed by atoms with Crippen molar-refractivity contribution in [2.45, 2.75) is 25.7 Å². The van der Waals surface area contributed by atoms with E-state index in [2.05, 4.69) is 21.8 Å². The van der Waals surface area contributed by atoms with E-state index < -0.39 is 0 Å². The summed E-state index contributed by atoms with van der Waals surface area (Å²) in [5, 5.41) is 2.68. The van der Waals surface area contributed by atoms with Crippen LogP contribution in [0.5, 0.6) is 0 Å². The number of aromatic nitrogens is 2. The lowest BCUT2D eigenvalue weighted by molar-refractivity contribution is 0.0520. The van der Waals surface area contributed by atoms with Gasteiger partial charge >= 0.3 is 5.97 Å². The molecular weight excluding hydrogens is 422 g/mol. The van der Waals surface area contributed by atoms with Crippen LogP contribution in [0.15, 0.2) is 54.2 Å². The molecule has 0 saturated carbocycles. The summed E-state index contributed by atoms with van der Waals surface area (Å²) in [6.45, 7) is 3.38. The summed E-state index contributed by atoms with van der Waals surface area (Å²) in [5.41, 5.74) is 2.54. The fourth-order valence-corrected chi connectivity index (χ4v) is 4.54. The van der Waals surface area contributed by atoms with Gasteiger partial charge in [-0.25, -0.2) is 9.78 Å². The van der Waals surface area contributed by atoms with Gasteiger partial charge in [0.05, 0.1) is 17.2 Å². The van der Waals surface area contributed by atoms with E-state index in [4.69, 9.17) is 4.74 Å². The van der Waals surface area contributed by atoms with Crippen LogP contribution in [0.2, 0.25) is 0 Å². The third-order valence-electron chi connectivity index (χ3n) is 5.25. The molecule has 1 aromatic carbocycles. The van der Waals surface area contributed by atoms with Crippen LogP contribution < -0.4 is 0 Å². The van der Waals surface area contributed by atoms with Crippen molar-refractivity contribution in [1.29, 1.82) is 0 Å². The lowest BCUT2D eigenvalue weighted by atomic mass is 9.97. The Morgan fingerprint density at radius 2 is 1.88 bits per heavy atom. The van der Waals surface area contributed by atoms with Crippen molar-refractivity contribution in [3.63, 3.8) is 0 Å². The first-order valence-electron chi connectivity index (χ1n) is 10.6. The number of nitrogens with zero attached hydrogens (tertiary/aromatic N) is 3. The topological polar surface area (TPSA) is 72.4 Å². The fraction of sp³-hybridized carbons (Fsp3) is 0.280. The predicted molar refractivity (Wildman–Crippen MR) is 123 cm³/mol. The summed E-state index contributed by atoms with van der Waals surface area (Å²) in [7, 11) is 0. The first-order chi connectivity index (χ1) is 15.6. The van der Waals surface area contributed by atoms with Gasteiger partial charge in [-0.05, 0) is 38.0 Å². The minimum absolute atomic E-state index is 0.0364. The van der Waals surface area contributed by atoms with Gasteiger partial charge in [-0.15, -0.1) is 11.3 Å². The molecule has 2 aromatic heterocycles. The standard InChI is InChI=1S/C25H23N3O3S/c1-2-31-25(30)22-17-32-23(27-22)20-10-12-28(13-11-20)24(29)21-14-19(15-26-16-21)9-8-18-6-4-3-5-7-18/h3-7,14-17,20H,2,10-13H2,1H3. The average Bonchev–Trinajstić information content (AvgIpc) is 3.34. The minimum atomic E-state index is -0.384. The maximum Gasteiger partial charge on any atom is 0.357 e. The molecule has 1 aliphatic rings. The van der Waals surface area contributed by atoms with E-state index in [1.165, 1.54) is 11.3 Å². The molecule has 162 valence electrons. The predicted octanol–water partition coefficient (Wildman–Crippen LogP) is 4.13. The van der Waals surface area contributed by atoms with Gasteiger partial charge in [0.25, 0.3) is 5.91 Å². The van der Waals surface area contributed by atoms with Gasteiger partial charge in [0.1, 0.15) is 0 Å². The Bertz CT molecular complexity index is 1160. The summed E-state index contributed by atoms with van der Waals surface area (Å²) in [6.07, 6.45) is 4.88. The van der Waals surface area contributed by atoms with Gasteiger partial charge in [0.15, 0.2) is 5.69 Å². The van der Waals surface area contributed by atoms with E-state index >= 15 is 0 Å². The summed E-state index contributed by atoms with van der Waals surface area (Å²) in [4.78, 5) is 35.4. The molecule has 1 amide bonds. The van der Waals surface area contributed by atoms with Crippen LogP contribution in [0.25, 0.3) is 0 Å². The zero-order chi connectivity index (χ0) is 22.3. The summed E-state index contributed by atoms with van der Waals surface area (Å²) >= 11 is 1.48. The van der Waals surface area contributed by atoms with E-state index in [0.717, 1.165) is 23.4 Å². The van der Waals surface area contributed by atoms with Gasteiger partial charge in [-0.1, -0.05) is 30.0 Å². The molecule has 4 rings (SSSR count). The second kappa shape index (κ2) is 10.2. The van der Waals surface area contributed by atoms with Crippen molar-refractivity contribution in [2.75, 3.05) is 19.7 Å². The number of carbonyl (C=O) groups excluding carboxylic acids is 2. The highest BCUT2D eigenvalue weighted by Crippen LogP contribution is 2.31. The number of ether oxygens (including phenoxy) is 1. The zero-order valence-corrected chi connectivity index (χ0v) is 18.6. The Labute approximate surface area is 191 Å². The Kier molecular flexibility index (Phi) is 6.93. The Morgan fingerprint density at radius 3 is 2.62 bits per heavy atom. The maximum atomic E-state index is 13.0. The van der Waals surface area contributed by atoms with Crippen LogP contribution in [0.4, 0.5) is 0 Å². The van der Waals surface area contributed by atoms with E-state index in [-0.39, 0.29) is 17.8 Å². The third kappa shape index (κ3) is 5.21. The second-order valence-corrected chi connectivity index (χ2v) is 8.33. The fourth-order valence-electron chi connectivity index (χ4n) is 3.58. The smallest absolute Gasteiger partial charge is 0.357 e. The molecule has 32 heavy (non-hydrogen) atoms. The van der Waals surface area contributed by atoms with Crippen LogP contribution in [0, 0.1) is 11.8 Å². The first kappa shape index (κ1) is 21.7. The molecule has 0 radical (unpaired) electrons. The molecule has 0 bridgehead atoms. The van der Waals surface area contributed by atoms with Crippen LogP contribution >= 0.6 is 11.3 Å². The molecule has 1 aliphatic heterocycles. The van der Waals surface area contributed by atoms with Crippen molar-refractivity contribution in [3.05, 3.63) is 81.6 Å². The summed E-state index contributed by atoms with van der Waals surface area (Å²) in [5.74, 6) is 6.00.